The first-order chi connectivity index (χ1) is 7.95. The molecule has 1 N–H and O–H groups in total. The number of rotatable bonds is 5. The van der Waals surface area contributed by atoms with Crippen LogP contribution in [0.2, 0.25) is 0 Å². The van der Waals surface area contributed by atoms with Crippen LogP contribution in [-0.4, -0.2) is 22.7 Å². The second-order valence-electron chi connectivity index (χ2n) is 4.09. The fourth-order valence-corrected chi connectivity index (χ4v) is 2.72. The van der Waals surface area contributed by atoms with Crippen molar-refractivity contribution in [3.8, 4) is 0 Å². The van der Waals surface area contributed by atoms with Gasteiger partial charge < -0.3 is 5.11 Å². The van der Waals surface area contributed by atoms with Crippen LogP contribution in [0.5, 0.6) is 0 Å². The first-order valence-electron chi connectivity index (χ1n) is 5.54. The molecule has 0 saturated carbocycles. The van der Waals surface area contributed by atoms with Crippen molar-refractivity contribution in [3.63, 3.8) is 0 Å². The topological polar surface area (TPSA) is 37.3 Å². The highest BCUT2D eigenvalue weighted by atomic mass is 32.2. The number of hydrogen-bond donors (Lipinski definition) is 1. The van der Waals surface area contributed by atoms with E-state index in [4.69, 9.17) is 5.11 Å². The zero-order chi connectivity index (χ0) is 13.0. The third kappa shape index (κ3) is 3.82. The smallest absolute Gasteiger partial charge is 0.161 e. The van der Waals surface area contributed by atoms with E-state index in [1.165, 1.54) is 24.8 Å². The van der Waals surface area contributed by atoms with E-state index in [0.29, 0.717) is 17.5 Å². The summed E-state index contributed by atoms with van der Waals surface area (Å²) in [7, 11) is 0. The van der Waals surface area contributed by atoms with Crippen molar-refractivity contribution in [2.24, 2.45) is 0 Å². The number of halogens is 1. The van der Waals surface area contributed by atoms with Gasteiger partial charge in [-0.1, -0.05) is 6.92 Å². The number of aliphatic hydroxyl groups is 1. The van der Waals surface area contributed by atoms with Crippen LogP contribution < -0.4 is 0 Å². The first kappa shape index (κ1) is 14.2. The quantitative estimate of drug-likeness (QED) is 0.649. The molecular formula is C13H17FO2S. The molecule has 0 heterocycles. The van der Waals surface area contributed by atoms with Gasteiger partial charge in [0, 0.05) is 22.3 Å². The maximum absolute atomic E-state index is 13.4. The predicted octanol–water partition coefficient (Wildman–Crippen LogP) is 3.20. The molecule has 0 aliphatic carbocycles. The van der Waals surface area contributed by atoms with E-state index in [0.717, 1.165) is 4.90 Å². The van der Waals surface area contributed by atoms with Crippen LogP contribution in [0.4, 0.5) is 4.39 Å². The number of Topliss-reactive ketones (excluding diaryl/α,β-unsaturated/α-hetero) is 1. The fourth-order valence-electron chi connectivity index (χ4n) is 1.49. The molecule has 0 saturated heterocycles. The summed E-state index contributed by atoms with van der Waals surface area (Å²) < 4.78 is 13.4. The van der Waals surface area contributed by atoms with E-state index in [9.17, 15) is 9.18 Å². The Labute approximate surface area is 105 Å². The Kier molecular flexibility index (Phi) is 5.15. The molecule has 2 nitrogen and oxygen atoms in total. The number of hydrogen-bond acceptors (Lipinski definition) is 3. The van der Waals surface area contributed by atoms with E-state index in [2.05, 4.69) is 0 Å². The van der Waals surface area contributed by atoms with Gasteiger partial charge in [-0.3, -0.25) is 4.79 Å². The molecule has 1 unspecified atom stereocenters. The van der Waals surface area contributed by atoms with Crippen molar-refractivity contribution in [2.75, 3.05) is 6.61 Å². The highest BCUT2D eigenvalue weighted by molar-refractivity contribution is 8.00. The third-order valence-electron chi connectivity index (χ3n) is 2.50. The highest BCUT2D eigenvalue weighted by Gasteiger charge is 2.14. The molecule has 4 heteroatoms. The van der Waals surface area contributed by atoms with Crippen molar-refractivity contribution >= 4 is 17.5 Å². The van der Waals surface area contributed by atoms with Gasteiger partial charge in [-0.15, -0.1) is 11.8 Å². The summed E-state index contributed by atoms with van der Waals surface area (Å²) in [6, 6.07) is 3.00. The monoisotopic (exact) mass is 256 g/mol. The maximum atomic E-state index is 13.4. The van der Waals surface area contributed by atoms with Gasteiger partial charge in [0.1, 0.15) is 5.82 Å². The summed E-state index contributed by atoms with van der Waals surface area (Å²) in [5.74, 6) is -0.489. The predicted molar refractivity (Wildman–Crippen MR) is 68.2 cm³/mol. The van der Waals surface area contributed by atoms with E-state index in [-0.39, 0.29) is 23.5 Å². The molecule has 0 bridgehead atoms. The number of benzene rings is 1. The molecule has 0 radical (unpaired) electrons. The van der Waals surface area contributed by atoms with E-state index in [1.807, 2.05) is 6.92 Å². The molecule has 1 aromatic carbocycles. The van der Waals surface area contributed by atoms with Crippen molar-refractivity contribution in [1.29, 1.82) is 0 Å². The number of aryl methyl sites for hydroxylation is 1. The lowest BCUT2D eigenvalue weighted by atomic mass is 10.1. The Bertz CT molecular complexity index is 418. The minimum atomic E-state index is -0.352. The van der Waals surface area contributed by atoms with Crippen LogP contribution in [0.15, 0.2) is 17.0 Å². The molecule has 0 aliphatic rings. The highest BCUT2D eigenvalue weighted by Crippen LogP contribution is 2.30. The van der Waals surface area contributed by atoms with E-state index >= 15 is 0 Å². The Morgan fingerprint density at radius 2 is 2.18 bits per heavy atom. The lowest BCUT2D eigenvalue weighted by Gasteiger charge is -2.13. The molecule has 1 aromatic rings. The van der Waals surface area contributed by atoms with E-state index in [1.54, 1.807) is 13.0 Å². The Morgan fingerprint density at radius 1 is 1.53 bits per heavy atom. The molecule has 1 rings (SSSR count). The average molecular weight is 256 g/mol. The molecule has 0 spiro atoms. The first-order valence-corrected chi connectivity index (χ1v) is 6.42. The van der Waals surface area contributed by atoms with Gasteiger partial charge in [-0.25, -0.2) is 4.39 Å². The summed E-state index contributed by atoms with van der Waals surface area (Å²) in [5.41, 5.74) is 0.955. The Balaban J connectivity index is 3.04. The molecule has 0 amide bonds. The van der Waals surface area contributed by atoms with Crippen LogP contribution in [-0.2, 0) is 0 Å². The zero-order valence-corrected chi connectivity index (χ0v) is 11.1. The SMILES string of the molecule is CC(=O)c1cc(F)c(C)cc1SC(C)CCO. The molecule has 0 aliphatic heterocycles. The van der Waals surface area contributed by atoms with Crippen molar-refractivity contribution < 1.29 is 14.3 Å². The average Bonchev–Trinajstić information content (AvgIpc) is 2.23. The normalized spacial score (nSPS) is 12.5. The van der Waals surface area contributed by atoms with Gasteiger partial charge in [-0.05, 0) is 38.0 Å². The Morgan fingerprint density at radius 3 is 2.71 bits per heavy atom. The summed E-state index contributed by atoms with van der Waals surface area (Å²) in [5, 5.41) is 9.05. The Hall–Kier alpha value is -0.870. The maximum Gasteiger partial charge on any atom is 0.161 e. The molecule has 0 aromatic heterocycles. The van der Waals surface area contributed by atoms with Gasteiger partial charge >= 0.3 is 0 Å². The summed E-state index contributed by atoms with van der Waals surface area (Å²) in [6.07, 6.45) is 0.651. The van der Waals surface area contributed by atoms with Gasteiger partial charge in [0.25, 0.3) is 0 Å². The fraction of sp³-hybridized carbons (Fsp3) is 0.462. The summed E-state index contributed by atoms with van der Waals surface area (Å²) in [4.78, 5) is 12.2. The van der Waals surface area contributed by atoms with Crippen LogP contribution in [0.25, 0.3) is 0 Å². The van der Waals surface area contributed by atoms with Crippen LogP contribution >= 0.6 is 11.8 Å². The van der Waals surface area contributed by atoms with Gasteiger partial charge in [-0.2, -0.15) is 0 Å². The van der Waals surface area contributed by atoms with Crippen LogP contribution in [0.1, 0.15) is 36.2 Å². The van der Waals surface area contributed by atoms with Crippen molar-refractivity contribution in [2.45, 2.75) is 37.3 Å². The van der Waals surface area contributed by atoms with Crippen molar-refractivity contribution in [3.05, 3.63) is 29.1 Å². The number of ketones is 1. The third-order valence-corrected chi connectivity index (χ3v) is 3.73. The largest absolute Gasteiger partial charge is 0.396 e. The molecule has 1 atom stereocenters. The van der Waals surface area contributed by atoms with E-state index < -0.39 is 0 Å². The van der Waals surface area contributed by atoms with Gasteiger partial charge in [0.05, 0.1) is 0 Å². The molecule has 17 heavy (non-hydrogen) atoms. The number of carbonyl (C=O) groups excluding carboxylic acids is 1. The number of carbonyl (C=O) groups is 1. The molecule has 0 fully saturated rings. The van der Waals surface area contributed by atoms with Gasteiger partial charge in [0.2, 0.25) is 0 Å². The molecular weight excluding hydrogens is 239 g/mol. The second kappa shape index (κ2) is 6.17. The zero-order valence-electron chi connectivity index (χ0n) is 10.3. The lowest BCUT2D eigenvalue weighted by Crippen LogP contribution is -2.03. The second-order valence-corrected chi connectivity index (χ2v) is 5.57. The number of thioether (sulfide) groups is 1. The minimum Gasteiger partial charge on any atom is -0.396 e. The lowest BCUT2D eigenvalue weighted by molar-refractivity contribution is 0.101. The number of aliphatic hydroxyl groups excluding tert-OH is 1. The summed E-state index contributed by atoms with van der Waals surface area (Å²) in [6.45, 7) is 5.21. The van der Waals surface area contributed by atoms with Crippen LogP contribution in [0.3, 0.4) is 0 Å². The van der Waals surface area contributed by atoms with Crippen molar-refractivity contribution in [1.82, 2.24) is 0 Å². The standard InChI is InChI=1S/C13H17FO2S/c1-8-6-13(17-9(2)4-5-15)11(10(3)16)7-12(8)14/h6-7,9,15H,4-5H2,1-3H3. The van der Waals surface area contributed by atoms with Gasteiger partial charge in [0.15, 0.2) is 5.78 Å². The minimum absolute atomic E-state index is 0.115. The molecule has 94 valence electrons. The van der Waals surface area contributed by atoms with Crippen LogP contribution in [0, 0.1) is 12.7 Å². The summed E-state index contributed by atoms with van der Waals surface area (Å²) >= 11 is 1.50.